The fraction of sp³-hybridized carbons (Fsp3) is 0.841. The van der Waals surface area contributed by atoms with Crippen LogP contribution < -0.4 is 5.32 Å². The lowest BCUT2D eigenvalue weighted by Crippen LogP contribution is -2.61. The summed E-state index contributed by atoms with van der Waals surface area (Å²) in [4.78, 5) is 13.0. The van der Waals surface area contributed by atoms with E-state index in [1.807, 2.05) is 0 Å². The second kappa shape index (κ2) is 34.9. The van der Waals surface area contributed by atoms with E-state index in [0.717, 1.165) is 51.4 Å². The van der Waals surface area contributed by atoms with Gasteiger partial charge in [-0.25, -0.2) is 4.18 Å². The predicted octanol–water partition coefficient (Wildman–Crippen LogP) is 7.30. The van der Waals surface area contributed by atoms with Crippen molar-refractivity contribution in [3.63, 3.8) is 0 Å². The second-order valence-electron chi connectivity index (χ2n) is 15.8. The van der Waals surface area contributed by atoms with Crippen LogP contribution in [-0.2, 0) is 28.9 Å². The van der Waals surface area contributed by atoms with Gasteiger partial charge in [-0.05, 0) is 44.9 Å². The molecule has 0 spiro atoms. The molecule has 7 N–H and O–H groups in total. The zero-order valence-corrected chi connectivity index (χ0v) is 36.5. The van der Waals surface area contributed by atoms with Crippen LogP contribution in [-0.4, -0.2) is 107 Å². The van der Waals surface area contributed by atoms with Gasteiger partial charge in [0, 0.05) is 0 Å². The summed E-state index contributed by atoms with van der Waals surface area (Å²) in [5, 5.41) is 54.9. The summed E-state index contributed by atoms with van der Waals surface area (Å²) in [6.45, 7) is 3.14. The number of rotatable bonds is 37. The predicted molar refractivity (Wildman–Crippen MR) is 228 cm³/mol. The molecule has 340 valence electrons. The van der Waals surface area contributed by atoms with E-state index in [2.05, 4.69) is 47.7 Å². The smallest absolute Gasteiger partial charge is 0.394 e. The number of allylic oxidation sites excluding steroid dienone is 5. The van der Waals surface area contributed by atoms with Crippen LogP contribution in [0.2, 0.25) is 0 Å². The molecular weight excluding hydrogens is 767 g/mol. The molecule has 58 heavy (non-hydrogen) atoms. The molecule has 1 heterocycles. The first kappa shape index (κ1) is 54.3. The van der Waals surface area contributed by atoms with Gasteiger partial charge < -0.3 is 40.3 Å². The van der Waals surface area contributed by atoms with Crippen LogP contribution in [0.3, 0.4) is 0 Å². The van der Waals surface area contributed by atoms with E-state index in [-0.39, 0.29) is 6.42 Å². The number of nitrogens with one attached hydrogen (secondary N) is 1. The molecule has 0 aromatic carbocycles. The number of carbonyl (C=O) groups is 1. The molecule has 1 rings (SSSR count). The molecule has 1 aliphatic rings. The van der Waals surface area contributed by atoms with Crippen LogP contribution in [0.5, 0.6) is 0 Å². The zero-order valence-electron chi connectivity index (χ0n) is 35.7. The molecule has 0 aliphatic carbocycles. The Balaban J connectivity index is 2.59. The normalized spacial score (nSPS) is 22.0. The summed E-state index contributed by atoms with van der Waals surface area (Å²) in [5.41, 5.74) is 0. The summed E-state index contributed by atoms with van der Waals surface area (Å²) in [6, 6.07) is -1.14. The largest absolute Gasteiger partial charge is 0.397 e. The quantitative estimate of drug-likeness (QED) is 0.0187. The van der Waals surface area contributed by atoms with Gasteiger partial charge >= 0.3 is 10.4 Å². The summed E-state index contributed by atoms with van der Waals surface area (Å²) >= 11 is 0. The first-order chi connectivity index (χ1) is 27.9. The van der Waals surface area contributed by atoms with Gasteiger partial charge in [-0.1, -0.05) is 166 Å². The third-order valence-electron chi connectivity index (χ3n) is 10.5. The van der Waals surface area contributed by atoms with E-state index >= 15 is 0 Å². The molecule has 0 aromatic heterocycles. The number of unbranched alkanes of at least 4 members (excludes halogenated alkanes) is 20. The minimum absolute atomic E-state index is 0.233. The molecule has 8 atom stereocenters. The molecule has 0 saturated carbocycles. The lowest BCUT2D eigenvalue weighted by molar-refractivity contribution is -0.298. The molecule has 1 fully saturated rings. The number of aliphatic hydroxyl groups excluding tert-OH is 5. The van der Waals surface area contributed by atoms with Gasteiger partial charge in [-0.2, -0.15) is 8.42 Å². The maximum Gasteiger partial charge on any atom is 0.397 e. The maximum atomic E-state index is 13.0. The number of hydrogen-bond donors (Lipinski definition) is 7. The van der Waals surface area contributed by atoms with Crippen molar-refractivity contribution in [2.75, 3.05) is 13.2 Å². The van der Waals surface area contributed by atoms with E-state index in [0.29, 0.717) is 12.8 Å². The molecule has 14 heteroatoms. The van der Waals surface area contributed by atoms with Crippen LogP contribution in [0.4, 0.5) is 0 Å². The molecule has 1 amide bonds. The Hall–Kier alpha value is -1.72. The van der Waals surface area contributed by atoms with Gasteiger partial charge in [0.25, 0.3) is 0 Å². The standard InChI is InChI=1S/C44H81NO12S/c1-3-5-7-9-11-13-14-15-16-17-18-19-20-21-22-23-24-25-27-28-30-32-37(47)36(45-43(51)38(48)33-31-29-26-12-10-8-6-4-2)35-55-44-41(50)42(57-58(52,53)54)40(49)39(34-46)56-44/h20-21,24-25,30,32,36-42,44,46-50H,3-19,22-23,26-29,31,33-35H2,1-2H3,(H,45,51)(H,52,53,54)/b21-20+,25-24+,32-30+. The van der Waals surface area contributed by atoms with E-state index < -0.39 is 78.5 Å². The molecule has 1 saturated heterocycles. The molecular formula is C44H81NO12S. The van der Waals surface area contributed by atoms with Gasteiger partial charge in [-0.3, -0.25) is 9.35 Å². The van der Waals surface area contributed by atoms with Crippen molar-refractivity contribution in [2.24, 2.45) is 0 Å². The van der Waals surface area contributed by atoms with Crippen molar-refractivity contribution in [2.45, 2.75) is 223 Å². The van der Waals surface area contributed by atoms with Gasteiger partial charge in [0.15, 0.2) is 6.29 Å². The van der Waals surface area contributed by atoms with Crippen LogP contribution in [0.25, 0.3) is 0 Å². The Morgan fingerprint density at radius 3 is 1.66 bits per heavy atom. The van der Waals surface area contributed by atoms with Gasteiger partial charge in [0.05, 0.1) is 25.4 Å². The van der Waals surface area contributed by atoms with Crippen molar-refractivity contribution in [1.82, 2.24) is 5.32 Å². The van der Waals surface area contributed by atoms with Crippen molar-refractivity contribution < 1.29 is 57.0 Å². The van der Waals surface area contributed by atoms with Gasteiger partial charge in [0.2, 0.25) is 5.91 Å². The van der Waals surface area contributed by atoms with E-state index in [4.69, 9.17) is 14.0 Å². The highest BCUT2D eigenvalue weighted by molar-refractivity contribution is 7.80. The summed E-state index contributed by atoms with van der Waals surface area (Å²) in [5.74, 6) is -0.721. The third kappa shape index (κ3) is 27.2. The molecule has 0 aromatic rings. The lowest BCUT2D eigenvalue weighted by atomic mass is 9.99. The van der Waals surface area contributed by atoms with Crippen LogP contribution in [0, 0.1) is 0 Å². The molecule has 0 radical (unpaired) electrons. The maximum absolute atomic E-state index is 13.0. The SMILES string of the molecule is CCCCCCCCCCCCC/C=C/CC/C=C/CC/C=C/C(O)C(COC1OC(CO)C(O)C(OS(=O)(=O)O)C1O)NC(=O)C(O)CCCCCCCCCC. The fourth-order valence-corrected chi connectivity index (χ4v) is 7.41. The van der Waals surface area contributed by atoms with Gasteiger partial charge in [-0.15, -0.1) is 0 Å². The first-order valence-corrected chi connectivity index (χ1v) is 23.8. The lowest BCUT2D eigenvalue weighted by Gasteiger charge is -2.41. The summed E-state index contributed by atoms with van der Waals surface area (Å²) in [6.07, 6.45) is 28.3. The highest BCUT2D eigenvalue weighted by Gasteiger charge is 2.48. The molecule has 13 nitrogen and oxygen atoms in total. The van der Waals surface area contributed by atoms with E-state index in [1.165, 1.54) is 96.0 Å². The Morgan fingerprint density at radius 2 is 1.16 bits per heavy atom. The third-order valence-corrected chi connectivity index (χ3v) is 11.0. The number of carbonyl (C=O) groups excluding carboxylic acids is 1. The Labute approximate surface area is 350 Å². The second-order valence-corrected chi connectivity index (χ2v) is 16.8. The van der Waals surface area contributed by atoms with E-state index in [9.17, 15) is 38.7 Å². The molecule has 1 aliphatic heterocycles. The first-order valence-electron chi connectivity index (χ1n) is 22.5. The van der Waals surface area contributed by atoms with Crippen LogP contribution in [0.1, 0.15) is 174 Å². The highest BCUT2D eigenvalue weighted by atomic mass is 32.3. The van der Waals surface area contributed by atoms with Crippen LogP contribution >= 0.6 is 0 Å². The van der Waals surface area contributed by atoms with Crippen molar-refractivity contribution in [3.05, 3.63) is 36.5 Å². The number of ether oxygens (including phenoxy) is 2. The monoisotopic (exact) mass is 848 g/mol. The average molecular weight is 848 g/mol. The van der Waals surface area contributed by atoms with Crippen molar-refractivity contribution in [3.8, 4) is 0 Å². The van der Waals surface area contributed by atoms with E-state index in [1.54, 1.807) is 6.08 Å². The number of hydrogen-bond acceptors (Lipinski definition) is 11. The molecule has 0 bridgehead atoms. The average Bonchev–Trinajstić information content (AvgIpc) is 3.19. The zero-order chi connectivity index (χ0) is 42.9. The number of amides is 1. The van der Waals surface area contributed by atoms with Gasteiger partial charge in [0.1, 0.15) is 30.5 Å². The minimum atomic E-state index is -5.12. The highest BCUT2D eigenvalue weighted by Crippen LogP contribution is 2.26. The number of aliphatic hydroxyl groups is 5. The fourth-order valence-electron chi connectivity index (χ4n) is 6.90. The van der Waals surface area contributed by atoms with Crippen LogP contribution in [0.15, 0.2) is 36.5 Å². The minimum Gasteiger partial charge on any atom is -0.394 e. The summed E-state index contributed by atoms with van der Waals surface area (Å²) < 4.78 is 47.3. The summed E-state index contributed by atoms with van der Waals surface area (Å²) in [7, 11) is -5.12. The van der Waals surface area contributed by atoms with Crippen molar-refractivity contribution >= 4 is 16.3 Å². The Morgan fingerprint density at radius 1 is 0.690 bits per heavy atom. The Kier molecular flexibility index (Phi) is 32.7. The molecule has 8 unspecified atom stereocenters. The topological polar surface area (TPSA) is 212 Å². The van der Waals surface area contributed by atoms with Crippen molar-refractivity contribution in [1.29, 1.82) is 0 Å². The Bertz CT molecular complexity index is 1200.